The van der Waals surface area contributed by atoms with Crippen LogP contribution in [0.3, 0.4) is 0 Å². The highest BCUT2D eigenvalue weighted by Crippen LogP contribution is 2.49. The second-order valence-electron chi connectivity index (χ2n) is 7.03. The number of rotatable bonds is 8. The Morgan fingerprint density at radius 1 is 1.25 bits per heavy atom. The van der Waals surface area contributed by atoms with Crippen LogP contribution < -0.4 is 5.32 Å². The van der Waals surface area contributed by atoms with Crippen molar-refractivity contribution in [1.29, 1.82) is 0 Å². The number of amides is 1. The van der Waals surface area contributed by atoms with Gasteiger partial charge in [0.1, 0.15) is 15.3 Å². The molecule has 1 amide bonds. The lowest BCUT2D eigenvalue weighted by molar-refractivity contribution is -0.143. The molecular weight excluding hydrogens is 330 g/mol. The van der Waals surface area contributed by atoms with Gasteiger partial charge in [0.15, 0.2) is 0 Å². The summed E-state index contributed by atoms with van der Waals surface area (Å²) in [6, 6.07) is 8.73. The van der Waals surface area contributed by atoms with Crippen LogP contribution in [-0.2, 0) is 24.8 Å². The van der Waals surface area contributed by atoms with Crippen LogP contribution in [-0.4, -0.2) is 44.0 Å². The number of nitrogens with one attached hydrogen (secondary N) is 1. The molecule has 6 nitrogen and oxygen atoms in total. The SMILES string of the molecule is CC(CNC(=O)CC1(CS(C)(=O)=O)CC1)(C(=O)O)c1ccccc1. The van der Waals surface area contributed by atoms with Gasteiger partial charge in [0, 0.05) is 19.2 Å². The van der Waals surface area contributed by atoms with Crippen molar-refractivity contribution < 1.29 is 23.1 Å². The third-order valence-electron chi connectivity index (χ3n) is 4.58. The zero-order valence-corrected chi connectivity index (χ0v) is 14.7. The van der Waals surface area contributed by atoms with Gasteiger partial charge >= 0.3 is 5.97 Å². The van der Waals surface area contributed by atoms with E-state index in [-0.39, 0.29) is 24.6 Å². The first-order valence-electron chi connectivity index (χ1n) is 7.80. The Bertz CT molecular complexity index is 725. The molecule has 1 unspecified atom stereocenters. The Morgan fingerprint density at radius 3 is 2.29 bits per heavy atom. The lowest BCUT2D eigenvalue weighted by Crippen LogP contribution is -2.45. The summed E-state index contributed by atoms with van der Waals surface area (Å²) in [6.45, 7) is 1.52. The molecule has 0 saturated heterocycles. The number of aliphatic carboxylic acids is 1. The predicted octanol–water partition coefficient (Wildman–Crippen LogP) is 1.36. The molecule has 2 rings (SSSR count). The minimum Gasteiger partial charge on any atom is -0.481 e. The molecule has 1 aliphatic carbocycles. The molecule has 0 bridgehead atoms. The highest BCUT2D eigenvalue weighted by atomic mass is 32.2. The van der Waals surface area contributed by atoms with E-state index in [1.807, 2.05) is 0 Å². The molecule has 0 aromatic heterocycles. The van der Waals surface area contributed by atoms with E-state index in [1.165, 1.54) is 6.26 Å². The number of sulfone groups is 1. The van der Waals surface area contributed by atoms with E-state index < -0.39 is 26.6 Å². The normalized spacial score (nSPS) is 18.4. The van der Waals surface area contributed by atoms with Crippen molar-refractivity contribution in [2.24, 2.45) is 5.41 Å². The fourth-order valence-electron chi connectivity index (χ4n) is 2.89. The van der Waals surface area contributed by atoms with Crippen molar-refractivity contribution in [3.8, 4) is 0 Å². The predicted molar refractivity (Wildman–Crippen MR) is 90.4 cm³/mol. The first-order chi connectivity index (χ1) is 11.1. The van der Waals surface area contributed by atoms with E-state index >= 15 is 0 Å². The van der Waals surface area contributed by atoms with Crippen molar-refractivity contribution in [2.75, 3.05) is 18.6 Å². The average Bonchev–Trinajstić information content (AvgIpc) is 3.22. The molecule has 1 aromatic carbocycles. The Hall–Kier alpha value is -1.89. The van der Waals surface area contributed by atoms with Gasteiger partial charge in [-0.2, -0.15) is 0 Å². The van der Waals surface area contributed by atoms with E-state index in [0.717, 1.165) is 0 Å². The lowest BCUT2D eigenvalue weighted by Gasteiger charge is -2.26. The van der Waals surface area contributed by atoms with Gasteiger partial charge in [-0.3, -0.25) is 9.59 Å². The summed E-state index contributed by atoms with van der Waals surface area (Å²) in [4.78, 5) is 23.9. The van der Waals surface area contributed by atoms with Gasteiger partial charge in [0.05, 0.1) is 5.75 Å². The van der Waals surface area contributed by atoms with Gasteiger partial charge in [-0.15, -0.1) is 0 Å². The largest absolute Gasteiger partial charge is 0.481 e. The molecule has 0 radical (unpaired) electrons. The highest BCUT2D eigenvalue weighted by Gasteiger charge is 2.47. The molecule has 0 aliphatic heterocycles. The van der Waals surface area contributed by atoms with Gasteiger partial charge in [-0.1, -0.05) is 30.3 Å². The van der Waals surface area contributed by atoms with Crippen molar-refractivity contribution in [2.45, 2.75) is 31.6 Å². The number of carbonyl (C=O) groups excluding carboxylic acids is 1. The van der Waals surface area contributed by atoms with Crippen LogP contribution in [0.5, 0.6) is 0 Å². The Kier molecular flexibility index (Phi) is 5.03. The lowest BCUT2D eigenvalue weighted by atomic mass is 9.82. The van der Waals surface area contributed by atoms with Crippen LogP contribution in [0, 0.1) is 5.41 Å². The minimum atomic E-state index is -3.14. The molecular formula is C17H23NO5S. The second-order valence-corrected chi connectivity index (χ2v) is 9.17. The first-order valence-corrected chi connectivity index (χ1v) is 9.86. The van der Waals surface area contributed by atoms with Crippen molar-refractivity contribution >= 4 is 21.7 Å². The number of carboxylic acids is 1. The van der Waals surface area contributed by atoms with Gasteiger partial charge < -0.3 is 10.4 Å². The van der Waals surface area contributed by atoms with Crippen LogP contribution >= 0.6 is 0 Å². The number of benzene rings is 1. The number of hydrogen-bond acceptors (Lipinski definition) is 4. The summed E-state index contributed by atoms with van der Waals surface area (Å²) in [5.74, 6) is -1.33. The van der Waals surface area contributed by atoms with Gasteiger partial charge in [-0.25, -0.2) is 8.42 Å². The standard InChI is InChI=1S/C17H23NO5S/c1-16(15(20)21,13-6-4-3-5-7-13)11-18-14(19)10-17(8-9-17)12-24(2,22)23/h3-7H,8-12H2,1-2H3,(H,18,19)(H,20,21). The van der Waals surface area contributed by atoms with Crippen LogP contribution in [0.1, 0.15) is 31.7 Å². The molecule has 24 heavy (non-hydrogen) atoms. The maximum absolute atomic E-state index is 12.2. The third kappa shape index (κ3) is 4.56. The van der Waals surface area contributed by atoms with Crippen molar-refractivity contribution in [3.05, 3.63) is 35.9 Å². The van der Waals surface area contributed by atoms with Gasteiger partial charge in [-0.05, 0) is 30.7 Å². The van der Waals surface area contributed by atoms with Crippen LogP contribution in [0.4, 0.5) is 0 Å². The summed E-state index contributed by atoms with van der Waals surface area (Å²) in [6.07, 6.45) is 2.71. The fraction of sp³-hybridized carbons (Fsp3) is 0.529. The van der Waals surface area contributed by atoms with Gasteiger partial charge in [0.25, 0.3) is 0 Å². The molecule has 1 saturated carbocycles. The monoisotopic (exact) mass is 353 g/mol. The highest BCUT2D eigenvalue weighted by molar-refractivity contribution is 7.90. The minimum absolute atomic E-state index is 0.00229. The maximum atomic E-state index is 12.2. The zero-order valence-electron chi connectivity index (χ0n) is 13.9. The fourth-order valence-corrected chi connectivity index (χ4v) is 4.39. The molecule has 0 heterocycles. The molecule has 1 atom stereocenters. The van der Waals surface area contributed by atoms with Crippen LogP contribution in [0.25, 0.3) is 0 Å². The van der Waals surface area contributed by atoms with Crippen LogP contribution in [0.2, 0.25) is 0 Å². The van der Waals surface area contributed by atoms with Crippen molar-refractivity contribution in [1.82, 2.24) is 5.32 Å². The number of carbonyl (C=O) groups is 2. The third-order valence-corrected chi connectivity index (χ3v) is 5.72. The molecule has 132 valence electrons. The number of carboxylic acid groups (broad SMARTS) is 1. The summed E-state index contributed by atoms with van der Waals surface area (Å²) >= 11 is 0. The number of hydrogen-bond donors (Lipinski definition) is 2. The van der Waals surface area contributed by atoms with Crippen molar-refractivity contribution in [3.63, 3.8) is 0 Å². The van der Waals surface area contributed by atoms with E-state index in [9.17, 15) is 23.1 Å². The van der Waals surface area contributed by atoms with E-state index in [0.29, 0.717) is 18.4 Å². The molecule has 2 N–H and O–H groups in total. The molecule has 1 aliphatic rings. The Balaban J connectivity index is 2.00. The second kappa shape index (κ2) is 6.55. The van der Waals surface area contributed by atoms with E-state index in [1.54, 1.807) is 37.3 Å². The molecule has 1 fully saturated rings. The van der Waals surface area contributed by atoms with E-state index in [4.69, 9.17) is 0 Å². The summed E-state index contributed by atoms with van der Waals surface area (Å²) in [5, 5.41) is 12.2. The molecule has 0 spiro atoms. The van der Waals surface area contributed by atoms with Crippen LogP contribution in [0.15, 0.2) is 30.3 Å². The average molecular weight is 353 g/mol. The van der Waals surface area contributed by atoms with Gasteiger partial charge in [0.2, 0.25) is 5.91 Å². The molecule has 1 aromatic rings. The summed E-state index contributed by atoms with van der Waals surface area (Å²) < 4.78 is 22.9. The Labute approximate surface area is 142 Å². The topological polar surface area (TPSA) is 101 Å². The van der Waals surface area contributed by atoms with E-state index in [2.05, 4.69) is 5.32 Å². The Morgan fingerprint density at radius 2 is 1.83 bits per heavy atom. The summed E-state index contributed by atoms with van der Waals surface area (Å²) in [5.41, 5.74) is -1.09. The quantitative estimate of drug-likeness (QED) is 0.735. The summed E-state index contributed by atoms with van der Waals surface area (Å²) in [7, 11) is -3.14. The maximum Gasteiger partial charge on any atom is 0.315 e. The molecule has 7 heteroatoms. The smallest absolute Gasteiger partial charge is 0.315 e. The first kappa shape index (κ1) is 18.4. The zero-order chi connectivity index (χ0) is 18.0.